The molecule has 0 aromatic rings. The molecular weight excluding hydrogens is 1240 g/mol. The van der Waals surface area contributed by atoms with Crippen LogP contribution in [0.1, 0.15) is 39.0 Å². The van der Waals surface area contributed by atoms with Gasteiger partial charge >= 0.3 is 0 Å². The number of primary amides is 1. The summed E-state index contributed by atoms with van der Waals surface area (Å²) in [7, 11) is 1.63. The number of hydrogen-bond acceptors (Lipinski definition) is 27. The quantitative estimate of drug-likeness (QED) is 0.0202. The fourth-order valence-electron chi connectivity index (χ4n) is 6.77. The van der Waals surface area contributed by atoms with Crippen LogP contribution < -0.4 is 48.7 Å². The molecule has 0 aromatic heterocycles. The van der Waals surface area contributed by atoms with E-state index in [4.69, 9.17) is 92.0 Å². The van der Waals surface area contributed by atoms with Crippen molar-refractivity contribution in [1.82, 2.24) is 37.2 Å². The fraction of sp³-hybridized carbons (Fsp3) is 0.860. The van der Waals surface area contributed by atoms with Gasteiger partial charge in [0.2, 0.25) is 47.3 Å². The van der Waals surface area contributed by atoms with Gasteiger partial charge in [-0.25, -0.2) is 0 Å². The van der Waals surface area contributed by atoms with Crippen molar-refractivity contribution in [3.63, 3.8) is 0 Å². The molecule has 0 unspecified atom stereocenters. The summed E-state index contributed by atoms with van der Waals surface area (Å²) in [4.78, 5) is 98.0. The summed E-state index contributed by atoms with van der Waals surface area (Å²) in [5, 5.41) is 17.7. The lowest BCUT2D eigenvalue weighted by Gasteiger charge is -2.22. The first-order valence-corrected chi connectivity index (χ1v) is 31.8. The maximum atomic E-state index is 13.5. The Bertz CT molecular complexity index is 1830. The Kier molecular flexibility index (Phi) is 64.4. The van der Waals surface area contributed by atoms with Gasteiger partial charge in [-0.2, -0.15) is 12.6 Å². The number of hydrogen-bond donors (Lipinski definition) is 10. The smallest absolute Gasteiger partial charge is 0.243 e. The van der Waals surface area contributed by atoms with Crippen molar-refractivity contribution in [3.05, 3.63) is 0 Å². The van der Waals surface area contributed by atoms with Crippen molar-refractivity contribution in [2.45, 2.75) is 57.2 Å². The van der Waals surface area contributed by atoms with Crippen LogP contribution in [0, 0.1) is 0 Å². The van der Waals surface area contributed by atoms with Crippen LogP contribution in [0.15, 0.2) is 0 Å². The second-order valence-electron chi connectivity index (χ2n) is 19.2. The van der Waals surface area contributed by atoms with Gasteiger partial charge < -0.3 is 129 Å². The normalized spacial score (nSPS) is 12.2. The highest BCUT2D eigenvalue weighted by Gasteiger charge is 2.26. The number of carbonyl (C=O) groups is 8. The number of thiol groups is 1. The molecule has 11 N–H and O–H groups in total. The number of unbranched alkanes of at least 4 members (excludes halogenated alkanes) is 1. The zero-order valence-electron chi connectivity index (χ0n) is 54.2. The number of nitrogens with two attached hydrogens (primary N) is 2. The first-order valence-electron chi connectivity index (χ1n) is 31.1. The molecule has 538 valence electrons. The molecule has 3 atom stereocenters. The van der Waals surface area contributed by atoms with Gasteiger partial charge in [0, 0.05) is 38.8 Å². The summed E-state index contributed by atoms with van der Waals surface area (Å²) in [5.74, 6) is -4.44. The monoisotopic (exact) mass is 1350 g/mol. The zero-order valence-corrected chi connectivity index (χ0v) is 55.0. The Labute approximate surface area is 546 Å². The third kappa shape index (κ3) is 61.6. The Morgan fingerprint density at radius 1 is 0.348 bits per heavy atom. The molecule has 8 amide bonds. The van der Waals surface area contributed by atoms with Crippen molar-refractivity contribution in [3.8, 4) is 0 Å². The molecular formula is C57H109N9O25S. The molecule has 0 rings (SSSR count). The van der Waals surface area contributed by atoms with Gasteiger partial charge in [-0.3, -0.25) is 38.4 Å². The lowest BCUT2D eigenvalue weighted by atomic mass is 10.1. The Morgan fingerprint density at radius 3 is 1.07 bits per heavy atom. The molecule has 0 aliphatic rings. The van der Waals surface area contributed by atoms with Gasteiger partial charge in [-0.15, -0.1) is 0 Å². The number of nitrogens with one attached hydrogen (secondary N) is 7. The molecule has 0 spiro atoms. The first kappa shape index (κ1) is 87.4. The number of methoxy groups -OCH3 is 1. The summed E-state index contributed by atoms with van der Waals surface area (Å²) in [6.07, 6.45) is 1.11. The van der Waals surface area contributed by atoms with Crippen molar-refractivity contribution >= 4 is 59.9 Å². The van der Waals surface area contributed by atoms with Crippen LogP contribution in [0.5, 0.6) is 0 Å². The lowest BCUT2D eigenvalue weighted by Crippen LogP contribution is -2.55. The third-order valence-corrected chi connectivity index (χ3v) is 12.1. The summed E-state index contributed by atoms with van der Waals surface area (Å²) in [6.45, 7) is 13.6. The fourth-order valence-corrected chi connectivity index (χ4v) is 7.03. The van der Waals surface area contributed by atoms with Crippen LogP contribution >= 0.6 is 12.6 Å². The van der Waals surface area contributed by atoms with Crippen LogP contribution in [0.2, 0.25) is 0 Å². The van der Waals surface area contributed by atoms with E-state index < -0.39 is 66.7 Å². The van der Waals surface area contributed by atoms with Gasteiger partial charge in [-0.05, 0) is 26.2 Å². The molecule has 35 heteroatoms. The maximum Gasteiger partial charge on any atom is 0.243 e. The second kappa shape index (κ2) is 67.8. The van der Waals surface area contributed by atoms with Gasteiger partial charge in [-0.1, -0.05) is 0 Å². The van der Waals surface area contributed by atoms with Crippen molar-refractivity contribution in [2.24, 2.45) is 11.5 Å². The number of amides is 8. The lowest BCUT2D eigenvalue weighted by molar-refractivity contribution is -0.132. The van der Waals surface area contributed by atoms with E-state index in [9.17, 15) is 38.4 Å². The molecule has 92 heavy (non-hydrogen) atoms. The molecule has 0 saturated heterocycles. The topological polar surface area (TPSA) is 430 Å². The summed E-state index contributed by atoms with van der Waals surface area (Å²) in [5.41, 5.74) is 10.3. The molecule has 0 aliphatic carbocycles. The largest absolute Gasteiger partial charge is 0.382 e. The minimum absolute atomic E-state index is 0.0754. The van der Waals surface area contributed by atoms with E-state index in [2.05, 4.69) is 49.8 Å². The van der Waals surface area contributed by atoms with Gasteiger partial charge in [0.15, 0.2) is 0 Å². The van der Waals surface area contributed by atoms with E-state index in [-0.39, 0.29) is 109 Å². The van der Waals surface area contributed by atoms with Crippen molar-refractivity contribution < 1.29 is 119 Å². The van der Waals surface area contributed by atoms with Crippen molar-refractivity contribution in [2.75, 3.05) is 264 Å². The third-order valence-electron chi connectivity index (χ3n) is 11.7. The molecule has 0 radical (unpaired) electrons. The standard InChI is InChI=1S/C57H109N9O25S/c1-47(55(59)72)64-51(68)7-11-77-16-19-81-23-25-82-20-17-78-12-9-61-56(73)49(46-92)66-57(74)48(65-54(71)45-63-53(70)44-62-52(69)43-58)5-3-4-8-60-50(67)6-10-76-15-18-80-24-26-84-29-30-86-33-34-88-37-38-90-41-42-91-40-39-89-36-35-87-32-31-85-28-27-83-22-21-79-14-13-75-2/h47-49,92H,3-46,58H2,1-2H3,(H2,59,72)(H,60,67)(H,61,73)(H,62,69)(H,63,70)(H,64,68)(H,65,71)(H,66,74)/t47-,48-,49-/m0/s1. The van der Waals surface area contributed by atoms with E-state index >= 15 is 0 Å². The second-order valence-corrected chi connectivity index (χ2v) is 19.6. The summed E-state index contributed by atoms with van der Waals surface area (Å²) >= 11 is 4.23. The molecule has 34 nitrogen and oxygen atoms in total. The minimum atomic E-state index is -1.13. The van der Waals surface area contributed by atoms with Crippen LogP contribution in [0.25, 0.3) is 0 Å². The highest BCUT2D eigenvalue weighted by atomic mass is 32.1. The molecule has 0 heterocycles. The molecule has 0 saturated carbocycles. The van der Waals surface area contributed by atoms with Gasteiger partial charge in [0.05, 0.1) is 238 Å². The van der Waals surface area contributed by atoms with Gasteiger partial charge in [0.1, 0.15) is 18.1 Å². The molecule has 0 bridgehead atoms. The SMILES string of the molecule is COCCOCCOCCOCCOCCOCCOCCOCCOCCOCCOCCOCCOCCC(=O)NCCCC[C@H](NC(=O)CNC(=O)CNC(=O)CN)C(=O)N[C@@H](CS)C(=O)NCCOCCOCCOCCOCCC(=O)N[C@@H](C)C(N)=O. The number of rotatable bonds is 71. The minimum Gasteiger partial charge on any atom is -0.382 e. The number of carbonyl (C=O) groups excluding carboxylic acids is 8. The predicted molar refractivity (Wildman–Crippen MR) is 334 cm³/mol. The van der Waals surface area contributed by atoms with Crippen LogP contribution in [0.3, 0.4) is 0 Å². The van der Waals surface area contributed by atoms with E-state index in [1.165, 1.54) is 6.92 Å². The van der Waals surface area contributed by atoms with E-state index in [1.54, 1.807) is 7.11 Å². The molecule has 0 fully saturated rings. The Morgan fingerprint density at radius 2 is 0.696 bits per heavy atom. The molecule has 0 aromatic carbocycles. The Balaban J connectivity index is 4.08. The van der Waals surface area contributed by atoms with Crippen LogP contribution in [-0.4, -0.2) is 329 Å². The summed E-state index contributed by atoms with van der Waals surface area (Å²) in [6, 6.07) is -2.97. The highest BCUT2D eigenvalue weighted by Crippen LogP contribution is 2.04. The van der Waals surface area contributed by atoms with Crippen molar-refractivity contribution in [1.29, 1.82) is 0 Å². The van der Waals surface area contributed by atoms with E-state index in [0.29, 0.717) is 178 Å². The van der Waals surface area contributed by atoms with E-state index in [0.717, 1.165) is 0 Å². The predicted octanol–water partition coefficient (Wildman–Crippen LogP) is -4.84. The Hall–Kier alpha value is -4.61. The van der Waals surface area contributed by atoms with E-state index in [1.807, 2.05) is 0 Å². The average molecular weight is 1350 g/mol. The zero-order chi connectivity index (χ0) is 67.4. The van der Waals surface area contributed by atoms with Crippen LogP contribution in [0.4, 0.5) is 0 Å². The maximum absolute atomic E-state index is 13.5. The molecule has 0 aliphatic heterocycles. The first-order chi connectivity index (χ1) is 44.8. The van der Waals surface area contributed by atoms with Crippen LogP contribution in [-0.2, 0) is 119 Å². The average Bonchev–Trinajstić information content (AvgIpc) is 2.87. The number of ether oxygens (including phenoxy) is 17. The summed E-state index contributed by atoms with van der Waals surface area (Å²) < 4.78 is 92.3. The highest BCUT2D eigenvalue weighted by molar-refractivity contribution is 7.80. The van der Waals surface area contributed by atoms with Gasteiger partial charge in [0.25, 0.3) is 0 Å².